The Morgan fingerprint density at radius 3 is 2.33 bits per heavy atom. The minimum absolute atomic E-state index is 0.0758. The van der Waals surface area contributed by atoms with Crippen molar-refractivity contribution in [1.82, 2.24) is 4.72 Å². The van der Waals surface area contributed by atoms with E-state index in [-0.39, 0.29) is 18.7 Å². The van der Waals surface area contributed by atoms with E-state index < -0.39 is 5.91 Å². The summed E-state index contributed by atoms with van der Waals surface area (Å²) >= 11 is 3.47. The van der Waals surface area contributed by atoms with Crippen LogP contribution in [0.4, 0.5) is 0 Å². The number of nitrogens with one attached hydrogen (secondary N) is 1. The van der Waals surface area contributed by atoms with E-state index >= 15 is 0 Å². The molecule has 0 spiro atoms. The molecule has 0 saturated heterocycles. The van der Waals surface area contributed by atoms with Crippen LogP contribution in [-0.2, 0) is 9.59 Å². The lowest BCUT2D eigenvalue weighted by atomic mass is 10.3. The number of thiol groups is 1. The van der Waals surface area contributed by atoms with Crippen LogP contribution in [0.5, 0.6) is 0 Å². The fourth-order valence-corrected chi connectivity index (χ4v) is 0.404. The van der Waals surface area contributed by atoms with Gasteiger partial charge in [-0.05, 0) is 0 Å². The summed E-state index contributed by atoms with van der Waals surface area (Å²) in [5.41, 5.74) is 4.75. The number of carbonyl (C=O) groups excluding carboxylic acids is 2. The first kappa shape index (κ1) is 8.29. The highest BCUT2D eigenvalue weighted by molar-refractivity contribution is 7.78. The van der Waals surface area contributed by atoms with Crippen molar-refractivity contribution in [2.75, 3.05) is 0 Å². The van der Waals surface area contributed by atoms with E-state index in [1.54, 1.807) is 0 Å². The molecule has 0 unspecified atom stereocenters. The van der Waals surface area contributed by atoms with Crippen LogP contribution in [0.1, 0.15) is 12.8 Å². The smallest absolute Gasteiger partial charge is 0.230 e. The minimum Gasteiger partial charge on any atom is -0.370 e. The lowest BCUT2D eigenvalue weighted by molar-refractivity contribution is -0.123. The molecule has 0 atom stereocenters. The first-order valence-corrected chi connectivity index (χ1v) is 2.82. The normalized spacial score (nSPS) is 8.56. The van der Waals surface area contributed by atoms with Crippen LogP contribution >= 0.6 is 12.8 Å². The number of hydrogen-bond acceptors (Lipinski definition) is 3. The second-order valence-corrected chi connectivity index (χ2v) is 1.72. The maximum absolute atomic E-state index is 10.3. The van der Waals surface area contributed by atoms with Crippen LogP contribution < -0.4 is 10.5 Å². The average Bonchev–Trinajstić information content (AvgIpc) is 1.83. The fourth-order valence-electron chi connectivity index (χ4n) is 0.293. The summed E-state index contributed by atoms with van der Waals surface area (Å²) in [4.78, 5) is 20.4. The molecular weight excluding hydrogens is 140 g/mol. The Morgan fingerprint density at radius 1 is 1.44 bits per heavy atom. The highest BCUT2D eigenvalue weighted by Gasteiger charge is 1.99. The Hall–Kier alpha value is -0.710. The molecule has 0 rings (SSSR count). The Morgan fingerprint density at radius 2 is 2.00 bits per heavy atom. The maximum atomic E-state index is 10.3. The van der Waals surface area contributed by atoms with Crippen LogP contribution in [0, 0.1) is 0 Å². The SMILES string of the molecule is NC(=O)CCC(=O)NS. The Kier molecular flexibility index (Phi) is 3.87. The van der Waals surface area contributed by atoms with Crippen molar-refractivity contribution < 1.29 is 9.59 Å². The molecule has 4 nitrogen and oxygen atoms in total. The van der Waals surface area contributed by atoms with Crippen molar-refractivity contribution >= 4 is 24.6 Å². The molecule has 0 aliphatic rings. The number of rotatable bonds is 3. The Bertz CT molecular complexity index is 126. The van der Waals surface area contributed by atoms with Crippen LogP contribution in [0.3, 0.4) is 0 Å². The molecule has 0 bridgehead atoms. The van der Waals surface area contributed by atoms with Gasteiger partial charge in [0.15, 0.2) is 0 Å². The van der Waals surface area contributed by atoms with Gasteiger partial charge in [-0.2, -0.15) is 0 Å². The van der Waals surface area contributed by atoms with Gasteiger partial charge in [-0.15, -0.1) is 0 Å². The number of primary amides is 1. The Balaban J connectivity index is 3.28. The van der Waals surface area contributed by atoms with Gasteiger partial charge in [-0.1, -0.05) is 12.8 Å². The molecular formula is C4H8N2O2S. The standard InChI is InChI=1S/C4H8N2O2S/c5-3(7)1-2-4(8)6-9/h9H,1-2H2,(H2,5,7)(H,6,8). The molecule has 3 N–H and O–H groups in total. The molecule has 52 valence electrons. The van der Waals surface area contributed by atoms with Gasteiger partial charge >= 0.3 is 0 Å². The molecule has 9 heavy (non-hydrogen) atoms. The van der Waals surface area contributed by atoms with Gasteiger partial charge in [-0.3, -0.25) is 9.59 Å². The van der Waals surface area contributed by atoms with Crippen molar-refractivity contribution in [2.45, 2.75) is 12.8 Å². The second kappa shape index (κ2) is 4.20. The Labute approximate surface area is 58.3 Å². The molecule has 0 aliphatic carbocycles. The first-order valence-electron chi connectivity index (χ1n) is 2.38. The summed E-state index contributed by atoms with van der Waals surface area (Å²) in [7, 11) is 0. The number of amides is 2. The van der Waals surface area contributed by atoms with Crippen molar-refractivity contribution in [3.8, 4) is 0 Å². The summed E-state index contributed by atoms with van der Waals surface area (Å²) in [6.45, 7) is 0. The largest absolute Gasteiger partial charge is 0.370 e. The van der Waals surface area contributed by atoms with E-state index in [9.17, 15) is 9.59 Å². The van der Waals surface area contributed by atoms with Gasteiger partial charge in [0.25, 0.3) is 0 Å². The summed E-state index contributed by atoms with van der Waals surface area (Å²) in [6.07, 6.45) is 0.186. The van der Waals surface area contributed by atoms with Gasteiger partial charge in [-0.25, -0.2) is 0 Å². The number of carbonyl (C=O) groups is 2. The second-order valence-electron chi connectivity index (χ2n) is 1.50. The molecule has 0 fully saturated rings. The number of hydrogen-bond donors (Lipinski definition) is 3. The zero-order chi connectivity index (χ0) is 7.28. The third kappa shape index (κ3) is 5.16. The predicted octanol–water partition coefficient (Wildman–Crippen LogP) is -0.787. The third-order valence-corrected chi connectivity index (χ3v) is 0.973. The molecule has 5 heteroatoms. The molecule has 0 aromatic carbocycles. The minimum atomic E-state index is -0.480. The van der Waals surface area contributed by atoms with Gasteiger partial charge < -0.3 is 10.5 Å². The molecule has 0 aromatic rings. The highest BCUT2D eigenvalue weighted by atomic mass is 32.1. The molecule has 0 aliphatic heterocycles. The monoisotopic (exact) mass is 148 g/mol. The lowest BCUT2D eigenvalue weighted by Gasteiger charge is -1.92. The summed E-state index contributed by atoms with van der Waals surface area (Å²) in [5, 5.41) is 0. The molecule has 0 heterocycles. The van der Waals surface area contributed by atoms with E-state index in [2.05, 4.69) is 17.5 Å². The van der Waals surface area contributed by atoms with E-state index in [1.807, 2.05) is 0 Å². The summed E-state index contributed by atoms with van der Waals surface area (Å²) < 4.78 is 2.07. The van der Waals surface area contributed by atoms with Crippen LogP contribution in [0.15, 0.2) is 0 Å². The van der Waals surface area contributed by atoms with Crippen molar-refractivity contribution in [2.24, 2.45) is 5.73 Å². The zero-order valence-electron chi connectivity index (χ0n) is 4.76. The third-order valence-electron chi connectivity index (χ3n) is 0.723. The van der Waals surface area contributed by atoms with Crippen LogP contribution in [-0.4, -0.2) is 11.8 Å². The van der Waals surface area contributed by atoms with Gasteiger partial charge in [0.05, 0.1) is 0 Å². The van der Waals surface area contributed by atoms with E-state index in [0.29, 0.717) is 0 Å². The van der Waals surface area contributed by atoms with Crippen molar-refractivity contribution in [3.05, 3.63) is 0 Å². The van der Waals surface area contributed by atoms with Gasteiger partial charge in [0.2, 0.25) is 11.8 Å². The van der Waals surface area contributed by atoms with Crippen molar-refractivity contribution in [1.29, 1.82) is 0 Å². The molecule has 2 amide bonds. The molecule has 0 radical (unpaired) electrons. The zero-order valence-corrected chi connectivity index (χ0v) is 5.65. The van der Waals surface area contributed by atoms with Gasteiger partial charge in [0.1, 0.15) is 0 Å². The number of nitrogens with two attached hydrogens (primary N) is 1. The first-order chi connectivity index (χ1) is 4.16. The molecule has 0 aromatic heterocycles. The summed E-state index contributed by atoms with van der Waals surface area (Å²) in [5.74, 6) is -0.774. The highest BCUT2D eigenvalue weighted by Crippen LogP contribution is 1.86. The van der Waals surface area contributed by atoms with E-state index in [0.717, 1.165) is 0 Å². The average molecular weight is 148 g/mol. The van der Waals surface area contributed by atoms with Crippen LogP contribution in [0.25, 0.3) is 0 Å². The van der Waals surface area contributed by atoms with Gasteiger partial charge in [0, 0.05) is 12.8 Å². The predicted molar refractivity (Wildman–Crippen MR) is 35.6 cm³/mol. The van der Waals surface area contributed by atoms with Crippen molar-refractivity contribution in [3.63, 3.8) is 0 Å². The lowest BCUT2D eigenvalue weighted by Crippen LogP contribution is -2.17. The van der Waals surface area contributed by atoms with E-state index in [1.165, 1.54) is 0 Å². The summed E-state index contributed by atoms with van der Waals surface area (Å²) in [6, 6.07) is 0. The topological polar surface area (TPSA) is 72.2 Å². The molecule has 0 saturated carbocycles. The van der Waals surface area contributed by atoms with Crippen LogP contribution in [0.2, 0.25) is 0 Å². The fraction of sp³-hybridized carbons (Fsp3) is 0.500. The van der Waals surface area contributed by atoms with E-state index in [4.69, 9.17) is 5.73 Å². The maximum Gasteiger partial charge on any atom is 0.230 e. The quantitative estimate of drug-likeness (QED) is 0.459.